The standard InChI is InChI=1S/C15H16/c1-3-5-7-9-11-13-15-14-12-10-8-6-4-2/h3-4,6,9,11,13,15H,1,5,7H2,2H3. The third-order valence-electron chi connectivity index (χ3n) is 1.42. The molecule has 0 bridgehead atoms. The fraction of sp³-hybridized carbons (Fsp3) is 0.200. The summed E-state index contributed by atoms with van der Waals surface area (Å²) in [4.78, 5) is 0. The van der Waals surface area contributed by atoms with E-state index < -0.39 is 0 Å². The molecule has 0 atom stereocenters. The van der Waals surface area contributed by atoms with Gasteiger partial charge in [0, 0.05) is 0 Å². The van der Waals surface area contributed by atoms with Crippen molar-refractivity contribution in [1.82, 2.24) is 0 Å². The van der Waals surface area contributed by atoms with Crippen molar-refractivity contribution in [2.45, 2.75) is 19.8 Å². The summed E-state index contributed by atoms with van der Waals surface area (Å²) in [5.74, 6) is 11.0. The highest BCUT2D eigenvalue weighted by atomic mass is 13.8. The summed E-state index contributed by atoms with van der Waals surface area (Å²) in [6.07, 6.45) is 15.4. The Morgan fingerprint density at radius 3 is 2.40 bits per heavy atom. The van der Waals surface area contributed by atoms with Crippen LogP contribution < -0.4 is 0 Å². The fourth-order valence-corrected chi connectivity index (χ4v) is 0.731. The first-order chi connectivity index (χ1) is 7.41. The van der Waals surface area contributed by atoms with Crippen LogP contribution in [0.5, 0.6) is 0 Å². The van der Waals surface area contributed by atoms with Crippen LogP contribution in [0.4, 0.5) is 0 Å². The molecule has 0 spiro atoms. The molecule has 0 saturated carbocycles. The van der Waals surface area contributed by atoms with Crippen LogP contribution in [0, 0.1) is 23.7 Å². The monoisotopic (exact) mass is 196 g/mol. The van der Waals surface area contributed by atoms with Crippen LogP contribution in [0.15, 0.2) is 49.1 Å². The molecule has 0 aliphatic rings. The number of allylic oxidation sites excluding steroid dienone is 7. The van der Waals surface area contributed by atoms with Crippen molar-refractivity contribution in [3.8, 4) is 23.7 Å². The van der Waals surface area contributed by atoms with Crippen molar-refractivity contribution >= 4 is 0 Å². The molecule has 0 aromatic heterocycles. The highest BCUT2D eigenvalue weighted by molar-refractivity contribution is 5.34. The summed E-state index contributed by atoms with van der Waals surface area (Å²) in [6, 6.07) is 0. The first-order valence-electron chi connectivity index (χ1n) is 4.96. The second kappa shape index (κ2) is 12.1. The van der Waals surface area contributed by atoms with E-state index in [0.717, 1.165) is 12.8 Å². The van der Waals surface area contributed by atoms with Crippen molar-refractivity contribution in [2.75, 3.05) is 0 Å². The molecule has 0 heterocycles. The quantitative estimate of drug-likeness (QED) is 0.279. The molecule has 0 heteroatoms. The average molecular weight is 196 g/mol. The summed E-state index contributed by atoms with van der Waals surface area (Å²) in [5.41, 5.74) is 0. The minimum atomic E-state index is 1.02. The predicted octanol–water partition coefficient (Wildman–Crippen LogP) is 3.65. The minimum Gasteiger partial charge on any atom is -0.103 e. The Hall–Kier alpha value is -1.92. The van der Waals surface area contributed by atoms with Crippen molar-refractivity contribution in [3.63, 3.8) is 0 Å². The third-order valence-corrected chi connectivity index (χ3v) is 1.42. The van der Waals surface area contributed by atoms with Crippen molar-refractivity contribution in [3.05, 3.63) is 49.1 Å². The van der Waals surface area contributed by atoms with Gasteiger partial charge in [-0.05, 0) is 43.8 Å². The molecule has 0 aromatic carbocycles. The summed E-state index contributed by atoms with van der Waals surface area (Å²) in [6.45, 7) is 5.58. The zero-order valence-corrected chi connectivity index (χ0v) is 9.16. The second-order valence-corrected chi connectivity index (χ2v) is 2.69. The molecule has 0 N–H and O–H groups in total. The average Bonchev–Trinajstić information content (AvgIpc) is 2.26. The lowest BCUT2D eigenvalue weighted by Crippen LogP contribution is -1.60. The Labute approximate surface area is 93.1 Å². The van der Waals surface area contributed by atoms with Gasteiger partial charge >= 0.3 is 0 Å². The Balaban J connectivity index is 3.75. The first-order valence-corrected chi connectivity index (χ1v) is 4.96. The van der Waals surface area contributed by atoms with Crippen LogP contribution in [0.2, 0.25) is 0 Å². The van der Waals surface area contributed by atoms with Crippen LogP contribution in [0.1, 0.15) is 19.8 Å². The molecule has 0 rings (SSSR count). The first kappa shape index (κ1) is 13.1. The number of hydrogen-bond donors (Lipinski definition) is 0. The van der Waals surface area contributed by atoms with Gasteiger partial charge in [-0.25, -0.2) is 0 Å². The van der Waals surface area contributed by atoms with Crippen LogP contribution in [-0.4, -0.2) is 0 Å². The summed E-state index contributed by atoms with van der Waals surface area (Å²) >= 11 is 0. The highest BCUT2D eigenvalue weighted by Gasteiger charge is 1.70. The molecule has 0 nitrogen and oxygen atoms in total. The van der Waals surface area contributed by atoms with Gasteiger partial charge in [0.25, 0.3) is 0 Å². The van der Waals surface area contributed by atoms with Crippen molar-refractivity contribution in [2.24, 2.45) is 0 Å². The Morgan fingerprint density at radius 1 is 1.00 bits per heavy atom. The summed E-state index contributed by atoms with van der Waals surface area (Å²) in [5, 5.41) is 0. The molecule has 0 amide bonds. The normalized spacial score (nSPS) is 9.93. The smallest absolute Gasteiger partial charge is 0.0102 e. The predicted molar refractivity (Wildman–Crippen MR) is 68.1 cm³/mol. The molecule has 0 radical (unpaired) electrons. The van der Waals surface area contributed by atoms with Gasteiger partial charge in [-0.3, -0.25) is 0 Å². The van der Waals surface area contributed by atoms with Crippen molar-refractivity contribution < 1.29 is 0 Å². The third kappa shape index (κ3) is 12.1. The molecular weight excluding hydrogens is 180 g/mol. The molecule has 76 valence electrons. The van der Waals surface area contributed by atoms with E-state index in [2.05, 4.69) is 36.3 Å². The van der Waals surface area contributed by atoms with E-state index in [1.165, 1.54) is 0 Å². The summed E-state index contributed by atoms with van der Waals surface area (Å²) in [7, 11) is 0. The van der Waals surface area contributed by atoms with E-state index in [1.54, 1.807) is 12.2 Å². The maximum atomic E-state index is 3.65. The van der Waals surface area contributed by atoms with E-state index in [1.807, 2.05) is 31.2 Å². The SMILES string of the molecule is C=CCCC=CC=CC#CC#CC=CC. The maximum absolute atomic E-state index is 3.65. The molecule has 0 aliphatic heterocycles. The Morgan fingerprint density at radius 2 is 1.73 bits per heavy atom. The van der Waals surface area contributed by atoms with E-state index in [9.17, 15) is 0 Å². The lowest BCUT2D eigenvalue weighted by Gasteiger charge is -1.80. The van der Waals surface area contributed by atoms with E-state index >= 15 is 0 Å². The van der Waals surface area contributed by atoms with Gasteiger partial charge in [-0.1, -0.05) is 42.2 Å². The van der Waals surface area contributed by atoms with Crippen LogP contribution in [-0.2, 0) is 0 Å². The lowest BCUT2D eigenvalue weighted by molar-refractivity contribution is 1.06. The van der Waals surface area contributed by atoms with E-state index in [-0.39, 0.29) is 0 Å². The Bertz CT molecular complexity index is 356. The molecule has 0 fully saturated rings. The topological polar surface area (TPSA) is 0 Å². The number of unbranched alkanes of at least 4 members (excludes halogenated alkanes) is 1. The highest BCUT2D eigenvalue weighted by Crippen LogP contribution is 1.90. The molecular formula is C15H16. The van der Waals surface area contributed by atoms with E-state index in [0.29, 0.717) is 0 Å². The van der Waals surface area contributed by atoms with Gasteiger partial charge in [0.2, 0.25) is 0 Å². The molecule has 0 aliphatic carbocycles. The number of hydrogen-bond acceptors (Lipinski definition) is 0. The fourth-order valence-electron chi connectivity index (χ4n) is 0.731. The van der Waals surface area contributed by atoms with Gasteiger partial charge in [0.1, 0.15) is 0 Å². The van der Waals surface area contributed by atoms with Crippen LogP contribution in [0.25, 0.3) is 0 Å². The van der Waals surface area contributed by atoms with Crippen molar-refractivity contribution in [1.29, 1.82) is 0 Å². The molecule has 0 saturated heterocycles. The van der Waals surface area contributed by atoms with Gasteiger partial charge in [-0.2, -0.15) is 0 Å². The zero-order chi connectivity index (χ0) is 11.2. The Kier molecular flexibility index (Phi) is 10.5. The second-order valence-electron chi connectivity index (χ2n) is 2.69. The van der Waals surface area contributed by atoms with Gasteiger partial charge in [0.15, 0.2) is 0 Å². The molecule has 0 aromatic rings. The van der Waals surface area contributed by atoms with Gasteiger partial charge < -0.3 is 0 Å². The van der Waals surface area contributed by atoms with E-state index in [4.69, 9.17) is 0 Å². The van der Waals surface area contributed by atoms with Crippen LogP contribution in [0.3, 0.4) is 0 Å². The largest absolute Gasteiger partial charge is 0.103 e. The number of rotatable bonds is 4. The molecule has 0 unspecified atom stereocenters. The van der Waals surface area contributed by atoms with Crippen LogP contribution >= 0.6 is 0 Å². The van der Waals surface area contributed by atoms with Gasteiger partial charge in [-0.15, -0.1) is 6.58 Å². The minimum absolute atomic E-state index is 1.02. The lowest BCUT2D eigenvalue weighted by atomic mass is 10.3. The molecule has 15 heavy (non-hydrogen) atoms. The summed E-state index contributed by atoms with van der Waals surface area (Å²) < 4.78 is 0. The zero-order valence-electron chi connectivity index (χ0n) is 9.16. The van der Waals surface area contributed by atoms with Gasteiger partial charge in [0.05, 0.1) is 0 Å². The maximum Gasteiger partial charge on any atom is -0.0102 e.